The molecule has 2 aromatic carbocycles. The van der Waals surface area contributed by atoms with Gasteiger partial charge in [-0.25, -0.2) is 4.79 Å². The molecule has 8 heteroatoms. The quantitative estimate of drug-likeness (QED) is 0.0669. The maximum Gasteiger partial charge on any atom is 0.343 e. The summed E-state index contributed by atoms with van der Waals surface area (Å²) in [6, 6.07) is 15.2. The predicted octanol–water partition coefficient (Wildman–Crippen LogP) is 7.79. The van der Waals surface area contributed by atoms with Crippen LogP contribution in [-0.4, -0.2) is 76.6 Å². The minimum atomic E-state index is -1.50. The molecule has 0 spiro atoms. The summed E-state index contributed by atoms with van der Waals surface area (Å²) in [5.41, 5.74) is 4.16. The van der Waals surface area contributed by atoms with Gasteiger partial charge in [-0.05, 0) is 80.2 Å². The van der Waals surface area contributed by atoms with Gasteiger partial charge in [0.05, 0.1) is 20.3 Å². The van der Waals surface area contributed by atoms with E-state index in [0.717, 1.165) is 87.5 Å². The first-order chi connectivity index (χ1) is 23.9. The third-order valence-electron chi connectivity index (χ3n) is 9.60. The van der Waals surface area contributed by atoms with Gasteiger partial charge in [0.2, 0.25) is 11.4 Å². The van der Waals surface area contributed by atoms with Crippen LogP contribution in [0.4, 0.5) is 0 Å². The zero-order valence-corrected chi connectivity index (χ0v) is 30.6. The molecule has 0 amide bonds. The Hall–Kier alpha value is -2.59. The molecular formula is C41H60O8. The van der Waals surface area contributed by atoms with Crippen molar-refractivity contribution in [2.45, 2.75) is 122 Å². The molecule has 2 aliphatic heterocycles. The molecule has 49 heavy (non-hydrogen) atoms. The second-order valence-electron chi connectivity index (χ2n) is 13.4. The summed E-state index contributed by atoms with van der Waals surface area (Å²) in [7, 11) is 1.38. The molecule has 2 heterocycles. The van der Waals surface area contributed by atoms with Crippen LogP contribution >= 0.6 is 0 Å². The largest absolute Gasteiger partial charge is 0.467 e. The lowest BCUT2D eigenvalue weighted by molar-refractivity contribution is -0.341. The minimum Gasteiger partial charge on any atom is -0.467 e. The lowest BCUT2D eigenvalue weighted by atomic mass is 9.82. The number of hydrogen-bond acceptors (Lipinski definition) is 8. The van der Waals surface area contributed by atoms with Crippen LogP contribution in [-0.2, 0) is 56.6 Å². The van der Waals surface area contributed by atoms with Crippen molar-refractivity contribution in [3.63, 3.8) is 0 Å². The van der Waals surface area contributed by atoms with E-state index in [4.69, 9.17) is 33.2 Å². The van der Waals surface area contributed by atoms with E-state index in [0.29, 0.717) is 26.4 Å². The maximum atomic E-state index is 13.7. The van der Waals surface area contributed by atoms with E-state index in [1.807, 2.05) is 6.07 Å². The summed E-state index contributed by atoms with van der Waals surface area (Å²) in [6.07, 6.45) is 9.13. The third kappa shape index (κ3) is 9.60. The van der Waals surface area contributed by atoms with Crippen LogP contribution in [0.3, 0.4) is 0 Å². The number of carbonyl (C=O) groups is 1. The molecule has 2 aliphatic rings. The summed E-state index contributed by atoms with van der Waals surface area (Å²) in [5, 5.41) is 0. The maximum absolute atomic E-state index is 13.7. The zero-order valence-electron chi connectivity index (χ0n) is 30.6. The third-order valence-corrected chi connectivity index (χ3v) is 9.60. The molecule has 2 bridgehead atoms. The molecule has 2 fully saturated rings. The van der Waals surface area contributed by atoms with Crippen molar-refractivity contribution >= 4 is 5.97 Å². The fraction of sp³-hybridized carbons (Fsp3) is 0.634. The molecule has 0 aliphatic carbocycles. The average molecular weight is 681 g/mol. The van der Waals surface area contributed by atoms with Gasteiger partial charge in [0.15, 0.2) is 0 Å². The molecule has 5 atom stereocenters. The van der Waals surface area contributed by atoms with E-state index in [-0.39, 0.29) is 6.61 Å². The van der Waals surface area contributed by atoms with Crippen LogP contribution in [0.15, 0.2) is 55.1 Å². The SMILES string of the molecule is C=CCOCCCCc1ccc(Cc2cc([C@]34OC[C@](C(=O)OC)(O3)[C@@H](OCCCC)[C@H](OCCCC)[C@H]4OCCCC)ccc2C)cc1. The Morgan fingerprint density at radius 1 is 0.857 bits per heavy atom. The average Bonchev–Trinajstić information content (AvgIpc) is 3.48. The van der Waals surface area contributed by atoms with Crippen molar-refractivity contribution in [3.8, 4) is 0 Å². The van der Waals surface area contributed by atoms with Gasteiger partial charge in [0, 0.05) is 32.0 Å². The van der Waals surface area contributed by atoms with Gasteiger partial charge in [-0.3, -0.25) is 0 Å². The van der Waals surface area contributed by atoms with E-state index in [9.17, 15) is 4.79 Å². The number of benzene rings is 2. The summed E-state index contributed by atoms with van der Waals surface area (Å²) < 4.78 is 44.4. The highest BCUT2D eigenvalue weighted by Crippen LogP contribution is 2.53. The Labute approximate surface area is 294 Å². The van der Waals surface area contributed by atoms with Crippen LogP contribution in [0.2, 0.25) is 0 Å². The molecule has 2 aromatic rings. The van der Waals surface area contributed by atoms with E-state index < -0.39 is 35.7 Å². The number of ether oxygens (including phenoxy) is 7. The number of methoxy groups -OCH3 is 1. The van der Waals surface area contributed by atoms with Crippen LogP contribution in [0.25, 0.3) is 0 Å². The van der Waals surface area contributed by atoms with Crippen LogP contribution in [0, 0.1) is 6.92 Å². The van der Waals surface area contributed by atoms with E-state index in [2.05, 4.69) is 70.7 Å². The van der Waals surface area contributed by atoms with Crippen LogP contribution < -0.4 is 0 Å². The van der Waals surface area contributed by atoms with Crippen molar-refractivity contribution in [2.24, 2.45) is 0 Å². The van der Waals surface area contributed by atoms with Gasteiger partial charge in [0.1, 0.15) is 18.3 Å². The molecule has 0 aromatic heterocycles. The smallest absolute Gasteiger partial charge is 0.343 e. The van der Waals surface area contributed by atoms with Gasteiger partial charge < -0.3 is 33.2 Å². The standard InChI is InChI=1S/C41H60O8/c1-7-11-25-45-36-37(46-26-12-8-2)40(39(42)43-6)30-48-41(49-40,38(36)47-27-13-9-3)35-22-17-31(5)34(29-35)28-33-20-18-32(19-21-33)16-14-15-24-44-23-10-4/h10,17-22,29,36-38H,4,7-9,11-16,23-28,30H2,1-3,5-6H3/t36-,37-,38+,40-,41-/m0/s1. The molecule has 2 saturated heterocycles. The predicted molar refractivity (Wildman–Crippen MR) is 192 cm³/mol. The topological polar surface area (TPSA) is 81.7 Å². The Kier molecular flexibility index (Phi) is 15.8. The Balaban J connectivity index is 1.66. The van der Waals surface area contributed by atoms with Crippen molar-refractivity contribution in [1.29, 1.82) is 0 Å². The first-order valence-electron chi connectivity index (χ1n) is 18.5. The molecule has 0 unspecified atom stereocenters. The van der Waals surface area contributed by atoms with Gasteiger partial charge in [-0.1, -0.05) is 82.5 Å². The highest BCUT2D eigenvalue weighted by molar-refractivity contribution is 5.81. The van der Waals surface area contributed by atoms with E-state index >= 15 is 0 Å². The highest BCUT2D eigenvalue weighted by atomic mass is 16.8. The van der Waals surface area contributed by atoms with Gasteiger partial charge in [-0.2, -0.15) is 0 Å². The molecular weight excluding hydrogens is 620 g/mol. The van der Waals surface area contributed by atoms with Gasteiger partial charge >= 0.3 is 5.97 Å². The van der Waals surface area contributed by atoms with Crippen LogP contribution in [0.1, 0.15) is 100.0 Å². The number of fused-ring (bicyclic) bond motifs is 2. The van der Waals surface area contributed by atoms with Gasteiger partial charge in [-0.15, -0.1) is 6.58 Å². The van der Waals surface area contributed by atoms with Crippen molar-refractivity contribution in [2.75, 3.05) is 46.8 Å². The van der Waals surface area contributed by atoms with Gasteiger partial charge in [0.25, 0.3) is 0 Å². The summed E-state index contributed by atoms with van der Waals surface area (Å²) in [4.78, 5) is 13.7. The Morgan fingerprint density at radius 2 is 1.51 bits per heavy atom. The number of carbonyl (C=O) groups excluding carboxylic acids is 1. The molecule has 272 valence electrons. The summed E-state index contributed by atoms with van der Waals surface area (Å²) in [6.45, 7) is 15.0. The van der Waals surface area contributed by atoms with Crippen molar-refractivity contribution < 1.29 is 38.0 Å². The number of unbranched alkanes of at least 4 members (excludes halogenated alkanes) is 4. The van der Waals surface area contributed by atoms with Crippen molar-refractivity contribution in [3.05, 3.63) is 82.9 Å². The Bertz CT molecular complexity index is 1290. The lowest BCUT2D eigenvalue weighted by Gasteiger charge is -2.49. The minimum absolute atomic E-state index is 0.0250. The summed E-state index contributed by atoms with van der Waals surface area (Å²) >= 11 is 0. The molecule has 4 rings (SSSR count). The molecule has 8 nitrogen and oxygen atoms in total. The summed E-state index contributed by atoms with van der Waals surface area (Å²) in [5.74, 6) is -1.91. The normalized spacial score (nSPS) is 24.6. The molecule has 0 saturated carbocycles. The Morgan fingerprint density at radius 3 is 2.16 bits per heavy atom. The number of esters is 1. The number of aryl methyl sites for hydroxylation is 2. The second kappa shape index (κ2) is 19.7. The lowest BCUT2D eigenvalue weighted by Crippen LogP contribution is -2.69. The molecule has 0 radical (unpaired) electrons. The zero-order chi connectivity index (χ0) is 35.1. The first-order valence-corrected chi connectivity index (χ1v) is 18.5. The van der Waals surface area contributed by atoms with Crippen LogP contribution in [0.5, 0.6) is 0 Å². The monoisotopic (exact) mass is 680 g/mol. The van der Waals surface area contributed by atoms with E-state index in [1.54, 1.807) is 6.08 Å². The fourth-order valence-corrected chi connectivity index (χ4v) is 6.66. The number of rotatable bonds is 23. The first kappa shape index (κ1) is 39.2. The highest BCUT2D eigenvalue weighted by Gasteiger charge is 2.72. The number of hydrogen-bond donors (Lipinski definition) is 0. The van der Waals surface area contributed by atoms with E-state index in [1.165, 1.54) is 18.2 Å². The van der Waals surface area contributed by atoms with Crippen molar-refractivity contribution in [1.82, 2.24) is 0 Å². The molecule has 0 N–H and O–H groups in total. The fourth-order valence-electron chi connectivity index (χ4n) is 6.66. The second-order valence-corrected chi connectivity index (χ2v) is 13.4.